The van der Waals surface area contributed by atoms with Gasteiger partial charge >= 0.3 is 6.09 Å². The summed E-state index contributed by atoms with van der Waals surface area (Å²) in [7, 11) is 0. The van der Waals surface area contributed by atoms with E-state index in [9.17, 15) is 23.2 Å². The van der Waals surface area contributed by atoms with Crippen molar-refractivity contribution < 1.29 is 32.6 Å². The van der Waals surface area contributed by atoms with E-state index in [1.807, 2.05) is 11.8 Å². The molecule has 0 unspecified atom stereocenters. The lowest BCUT2D eigenvalue weighted by molar-refractivity contribution is -0.170. The molecule has 5 rings (SSSR count). The van der Waals surface area contributed by atoms with Crippen molar-refractivity contribution in [1.29, 1.82) is 0 Å². The summed E-state index contributed by atoms with van der Waals surface area (Å²) in [6.07, 6.45) is 0.457. The highest BCUT2D eigenvalue weighted by Gasteiger charge is 2.46. The van der Waals surface area contributed by atoms with Gasteiger partial charge in [0.05, 0.1) is 29.7 Å². The molecule has 2 aromatic carbocycles. The lowest BCUT2D eigenvalue weighted by atomic mass is 9.85. The number of rotatable bonds is 6. The Morgan fingerprint density at radius 2 is 1.73 bits per heavy atom. The summed E-state index contributed by atoms with van der Waals surface area (Å²) < 4.78 is 38.6. The van der Waals surface area contributed by atoms with Gasteiger partial charge in [0.25, 0.3) is 0 Å². The zero-order valence-corrected chi connectivity index (χ0v) is 23.9. The largest absolute Gasteiger partial charge is 0.415 e. The maximum absolute atomic E-state index is 14.5. The van der Waals surface area contributed by atoms with Crippen LogP contribution >= 0.6 is 11.6 Å². The molecule has 2 atom stereocenters. The van der Waals surface area contributed by atoms with Gasteiger partial charge in [0.15, 0.2) is 0 Å². The minimum Gasteiger partial charge on any atom is -0.410 e. The normalized spacial score (nSPS) is 22.3. The first-order chi connectivity index (χ1) is 19.6. The molecular formula is C30H34ClF2N3O5. The number of benzene rings is 2. The number of piperidine rings is 1. The van der Waals surface area contributed by atoms with Gasteiger partial charge in [-0.05, 0) is 68.7 Å². The van der Waals surface area contributed by atoms with Gasteiger partial charge in [-0.2, -0.15) is 0 Å². The Bertz CT molecular complexity index is 1300. The monoisotopic (exact) mass is 589 g/mol. The second-order valence-electron chi connectivity index (χ2n) is 11.3. The van der Waals surface area contributed by atoms with Crippen LogP contribution < -0.4 is 4.74 Å². The molecule has 220 valence electrons. The predicted molar refractivity (Wildman–Crippen MR) is 148 cm³/mol. The van der Waals surface area contributed by atoms with Gasteiger partial charge in [-0.25, -0.2) is 13.6 Å². The van der Waals surface area contributed by atoms with Crippen molar-refractivity contribution in [2.75, 3.05) is 45.9 Å². The average molecular weight is 590 g/mol. The fraction of sp³-hybridized carbons (Fsp3) is 0.500. The molecule has 0 spiro atoms. The van der Waals surface area contributed by atoms with E-state index >= 15 is 0 Å². The average Bonchev–Trinajstić information content (AvgIpc) is 3.39. The topological polar surface area (TPSA) is 79.4 Å². The molecule has 0 saturated carbocycles. The smallest absolute Gasteiger partial charge is 0.410 e. The third-order valence-electron chi connectivity index (χ3n) is 8.46. The molecule has 0 aromatic heterocycles. The van der Waals surface area contributed by atoms with Crippen LogP contribution in [-0.2, 0) is 14.3 Å². The molecule has 3 saturated heterocycles. The first kappa shape index (κ1) is 29.3. The summed E-state index contributed by atoms with van der Waals surface area (Å²) >= 11 is 5.94. The molecule has 3 heterocycles. The van der Waals surface area contributed by atoms with E-state index in [1.165, 1.54) is 41.3 Å². The number of carbonyl (C=O) groups is 3. The van der Waals surface area contributed by atoms with Crippen molar-refractivity contribution in [1.82, 2.24) is 14.7 Å². The Kier molecular flexibility index (Phi) is 8.52. The Balaban J connectivity index is 1.31. The molecule has 0 aliphatic carbocycles. The molecule has 0 bridgehead atoms. The first-order valence-electron chi connectivity index (χ1n) is 13.9. The fourth-order valence-corrected chi connectivity index (χ4v) is 6.13. The van der Waals surface area contributed by atoms with Crippen LogP contribution in [0, 0.1) is 23.0 Å². The van der Waals surface area contributed by atoms with E-state index in [0.29, 0.717) is 51.3 Å². The Morgan fingerprint density at radius 3 is 2.32 bits per heavy atom. The Hall–Kier alpha value is -3.24. The second-order valence-corrected chi connectivity index (χ2v) is 11.7. The van der Waals surface area contributed by atoms with E-state index in [2.05, 4.69) is 0 Å². The number of ether oxygens (including phenoxy) is 2. The molecular weight excluding hydrogens is 556 g/mol. The summed E-state index contributed by atoms with van der Waals surface area (Å²) in [6, 6.07) is 9.19. The van der Waals surface area contributed by atoms with Gasteiger partial charge in [-0.3, -0.25) is 9.59 Å². The number of carbonyl (C=O) groups excluding carboxylic acids is 3. The van der Waals surface area contributed by atoms with Crippen molar-refractivity contribution in [2.45, 2.75) is 38.6 Å². The second kappa shape index (κ2) is 11.9. The number of hydrogen-bond donors (Lipinski definition) is 0. The maximum Gasteiger partial charge on any atom is 0.415 e. The van der Waals surface area contributed by atoms with E-state index < -0.39 is 29.2 Å². The van der Waals surface area contributed by atoms with Gasteiger partial charge in [-0.1, -0.05) is 17.7 Å². The van der Waals surface area contributed by atoms with Crippen LogP contribution in [0.25, 0.3) is 0 Å². The van der Waals surface area contributed by atoms with E-state index in [0.717, 1.165) is 0 Å². The van der Waals surface area contributed by atoms with Gasteiger partial charge in [0.1, 0.15) is 17.4 Å². The molecule has 3 aliphatic heterocycles. The van der Waals surface area contributed by atoms with Crippen molar-refractivity contribution in [3.05, 3.63) is 64.7 Å². The van der Waals surface area contributed by atoms with Crippen LogP contribution in [0.2, 0.25) is 5.02 Å². The fourth-order valence-electron chi connectivity index (χ4n) is 6.02. The first-order valence-corrected chi connectivity index (χ1v) is 14.3. The van der Waals surface area contributed by atoms with Crippen LogP contribution in [0.5, 0.6) is 5.75 Å². The minimum atomic E-state index is -0.641. The van der Waals surface area contributed by atoms with Crippen LogP contribution in [0.15, 0.2) is 42.5 Å². The standard InChI is InChI=1S/C30H34ClF2N3O5/c1-3-36(29(39)41-22-7-5-21(32)6-8-22)26-16-35(15-23(26)20-4-9-24(31)25(33)14-20)27(37)19-10-12-34(13-11-19)28(38)30(2)17-40-18-30/h4-9,14,19,23,26H,3,10-13,15-18H2,1-2H3/t23-,26+/m0/s1. The van der Waals surface area contributed by atoms with Crippen molar-refractivity contribution >= 4 is 29.5 Å². The van der Waals surface area contributed by atoms with Gasteiger partial charge in [0, 0.05) is 44.6 Å². The summed E-state index contributed by atoms with van der Waals surface area (Å²) in [4.78, 5) is 45.0. The predicted octanol–water partition coefficient (Wildman–Crippen LogP) is 4.71. The summed E-state index contributed by atoms with van der Waals surface area (Å²) in [5, 5.41) is -0.0112. The van der Waals surface area contributed by atoms with Crippen LogP contribution in [-0.4, -0.2) is 84.6 Å². The van der Waals surface area contributed by atoms with Crippen molar-refractivity contribution in [3.63, 3.8) is 0 Å². The highest BCUT2D eigenvalue weighted by Crippen LogP contribution is 2.36. The van der Waals surface area contributed by atoms with E-state index in [-0.39, 0.29) is 47.5 Å². The summed E-state index contributed by atoms with van der Waals surface area (Å²) in [6.45, 7) is 6.36. The summed E-state index contributed by atoms with van der Waals surface area (Å²) in [5.74, 6) is -1.45. The molecule has 8 nitrogen and oxygen atoms in total. The molecule has 2 aromatic rings. The molecule has 3 aliphatic rings. The maximum atomic E-state index is 14.5. The van der Waals surface area contributed by atoms with Gasteiger partial charge in [0.2, 0.25) is 11.8 Å². The lowest BCUT2D eigenvalue weighted by Crippen LogP contribution is -2.55. The number of amides is 3. The van der Waals surface area contributed by atoms with Crippen molar-refractivity contribution in [2.24, 2.45) is 11.3 Å². The van der Waals surface area contributed by atoms with E-state index in [1.54, 1.807) is 17.9 Å². The van der Waals surface area contributed by atoms with Crippen LogP contribution in [0.1, 0.15) is 38.2 Å². The van der Waals surface area contributed by atoms with Crippen molar-refractivity contribution in [3.8, 4) is 5.75 Å². The Labute approximate surface area is 243 Å². The van der Waals surface area contributed by atoms with Gasteiger partial charge < -0.3 is 24.2 Å². The Morgan fingerprint density at radius 1 is 1.05 bits per heavy atom. The zero-order chi connectivity index (χ0) is 29.3. The highest BCUT2D eigenvalue weighted by molar-refractivity contribution is 6.30. The summed E-state index contributed by atoms with van der Waals surface area (Å²) in [5.41, 5.74) is 0.142. The van der Waals surface area contributed by atoms with Crippen LogP contribution in [0.3, 0.4) is 0 Å². The number of likely N-dealkylation sites (N-methyl/N-ethyl adjacent to an activating group) is 1. The van der Waals surface area contributed by atoms with Gasteiger partial charge in [-0.15, -0.1) is 0 Å². The number of hydrogen-bond acceptors (Lipinski definition) is 5. The highest BCUT2D eigenvalue weighted by atomic mass is 35.5. The molecule has 0 radical (unpaired) electrons. The number of nitrogens with zero attached hydrogens (tertiary/aromatic N) is 3. The van der Waals surface area contributed by atoms with Crippen LogP contribution in [0.4, 0.5) is 13.6 Å². The molecule has 41 heavy (non-hydrogen) atoms. The third kappa shape index (κ3) is 6.04. The molecule has 11 heteroatoms. The minimum absolute atomic E-state index is 0.0112. The zero-order valence-electron chi connectivity index (χ0n) is 23.2. The number of likely N-dealkylation sites (tertiary alicyclic amines) is 2. The molecule has 3 fully saturated rings. The SMILES string of the molecule is CCN(C(=O)Oc1ccc(F)cc1)[C@@H]1CN(C(=O)C2CCN(C(=O)C3(C)COC3)CC2)C[C@H]1c1ccc(Cl)c(F)c1. The molecule has 0 N–H and O–H groups in total. The van der Waals surface area contributed by atoms with E-state index in [4.69, 9.17) is 21.1 Å². The quantitative estimate of drug-likeness (QED) is 0.488. The molecule has 3 amide bonds. The number of halogens is 3. The lowest BCUT2D eigenvalue weighted by Gasteiger charge is -2.42. The third-order valence-corrected chi connectivity index (χ3v) is 8.76.